The molecule has 0 unspecified atom stereocenters. The molecule has 0 aliphatic rings. The molecule has 0 spiro atoms. The Morgan fingerprint density at radius 2 is 2.32 bits per heavy atom. The Morgan fingerprint density at radius 3 is 2.95 bits per heavy atom. The van der Waals surface area contributed by atoms with Crippen molar-refractivity contribution in [1.29, 1.82) is 0 Å². The largest absolute Gasteiger partial charge is 0.490 e. The molecular weight excluding hydrogens is 314 g/mol. The molecule has 1 N–H and O–H groups in total. The summed E-state index contributed by atoms with van der Waals surface area (Å²) in [6.45, 7) is 2.81. The third-order valence-electron chi connectivity index (χ3n) is 2.42. The number of hydrogen-bond acceptors (Lipinski definition) is 4. The van der Waals surface area contributed by atoms with Crippen molar-refractivity contribution in [2.45, 2.75) is 13.5 Å². The van der Waals surface area contributed by atoms with Crippen LogP contribution in [0.2, 0.25) is 0 Å². The lowest BCUT2D eigenvalue weighted by atomic mass is 10.2. The molecule has 6 nitrogen and oxygen atoms in total. The summed E-state index contributed by atoms with van der Waals surface area (Å²) in [6.07, 6.45) is 1.37. The van der Waals surface area contributed by atoms with Gasteiger partial charge < -0.3 is 9.84 Å². The SMILES string of the molecule is Cc1ccc(OCCn2cc(C(=O)O)nn2)c(Br)c1. The Bertz CT molecular complexity index is 598. The Hall–Kier alpha value is -1.89. The van der Waals surface area contributed by atoms with E-state index in [1.807, 2.05) is 25.1 Å². The molecule has 7 heteroatoms. The number of aromatic carboxylic acids is 1. The Kier molecular flexibility index (Phi) is 4.16. The van der Waals surface area contributed by atoms with Crippen LogP contribution in [-0.4, -0.2) is 32.7 Å². The second-order valence-electron chi connectivity index (χ2n) is 3.95. The highest BCUT2D eigenvalue weighted by atomic mass is 79.9. The maximum atomic E-state index is 10.6. The summed E-state index contributed by atoms with van der Waals surface area (Å²) in [5.41, 5.74) is 1.07. The monoisotopic (exact) mass is 325 g/mol. The predicted molar refractivity (Wildman–Crippen MR) is 71.4 cm³/mol. The lowest BCUT2D eigenvalue weighted by molar-refractivity contribution is 0.0690. The number of carboxylic acids is 1. The van der Waals surface area contributed by atoms with E-state index in [1.165, 1.54) is 10.9 Å². The standard InChI is InChI=1S/C12H12BrN3O3/c1-8-2-3-11(9(13)6-8)19-5-4-16-7-10(12(17)18)14-15-16/h2-3,6-7H,4-5H2,1H3,(H,17,18). The van der Waals surface area contributed by atoms with Crippen LogP contribution in [0.5, 0.6) is 5.75 Å². The fourth-order valence-electron chi connectivity index (χ4n) is 1.48. The summed E-state index contributed by atoms with van der Waals surface area (Å²) in [6, 6.07) is 5.80. The minimum atomic E-state index is -1.09. The van der Waals surface area contributed by atoms with Gasteiger partial charge in [0.15, 0.2) is 5.69 Å². The highest BCUT2D eigenvalue weighted by molar-refractivity contribution is 9.10. The van der Waals surface area contributed by atoms with Gasteiger partial charge >= 0.3 is 5.97 Å². The first-order chi connectivity index (χ1) is 9.06. The summed E-state index contributed by atoms with van der Waals surface area (Å²) < 4.78 is 7.90. The lowest BCUT2D eigenvalue weighted by Gasteiger charge is -2.08. The van der Waals surface area contributed by atoms with Gasteiger partial charge in [0.25, 0.3) is 0 Å². The van der Waals surface area contributed by atoms with Crippen LogP contribution >= 0.6 is 15.9 Å². The third kappa shape index (κ3) is 3.54. The van der Waals surface area contributed by atoms with E-state index in [9.17, 15) is 4.79 Å². The number of aromatic nitrogens is 3. The maximum Gasteiger partial charge on any atom is 0.358 e. The molecule has 0 bridgehead atoms. The van der Waals surface area contributed by atoms with E-state index in [1.54, 1.807) is 0 Å². The van der Waals surface area contributed by atoms with Crippen molar-refractivity contribution in [3.05, 3.63) is 40.1 Å². The van der Waals surface area contributed by atoms with Crippen LogP contribution in [0.15, 0.2) is 28.9 Å². The molecule has 1 heterocycles. The molecule has 0 radical (unpaired) electrons. The van der Waals surface area contributed by atoms with Crippen molar-refractivity contribution in [2.75, 3.05) is 6.61 Å². The predicted octanol–water partition coefficient (Wildman–Crippen LogP) is 2.13. The van der Waals surface area contributed by atoms with E-state index in [0.29, 0.717) is 13.2 Å². The quantitative estimate of drug-likeness (QED) is 0.911. The zero-order valence-electron chi connectivity index (χ0n) is 10.2. The Morgan fingerprint density at radius 1 is 1.53 bits per heavy atom. The summed E-state index contributed by atoms with van der Waals surface area (Å²) in [4.78, 5) is 10.6. The van der Waals surface area contributed by atoms with Crippen LogP contribution < -0.4 is 4.74 Å². The highest BCUT2D eigenvalue weighted by Gasteiger charge is 2.08. The van der Waals surface area contributed by atoms with E-state index >= 15 is 0 Å². The van der Waals surface area contributed by atoms with Gasteiger partial charge in [0.2, 0.25) is 0 Å². The molecule has 1 aromatic carbocycles. The van der Waals surface area contributed by atoms with Gasteiger partial charge in [-0.05, 0) is 40.5 Å². The summed E-state index contributed by atoms with van der Waals surface area (Å²) in [5.74, 6) is -0.349. The Balaban J connectivity index is 1.90. The highest BCUT2D eigenvalue weighted by Crippen LogP contribution is 2.25. The van der Waals surface area contributed by atoms with E-state index in [-0.39, 0.29) is 5.69 Å². The second-order valence-corrected chi connectivity index (χ2v) is 4.81. The molecule has 2 aromatic rings. The molecule has 2 rings (SSSR count). The molecule has 0 fully saturated rings. The number of hydrogen-bond donors (Lipinski definition) is 1. The maximum absolute atomic E-state index is 10.6. The summed E-state index contributed by atoms with van der Waals surface area (Å²) >= 11 is 3.42. The van der Waals surface area contributed by atoms with Crippen molar-refractivity contribution in [2.24, 2.45) is 0 Å². The zero-order chi connectivity index (χ0) is 13.8. The first-order valence-electron chi connectivity index (χ1n) is 5.58. The van der Waals surface area contributed by atoms with Crippen molar-refractivity contribution < 1.29 is 14.6 Å². The molecule has 0 saturated heterocycles. The van der Waals surface area contributed by atoms with E-state index in [2.05, 4.69) is 26.2 Å². The van der Waals surface area contributed by atoms with Gasteiger partial charge in [0.05, 0.1) is 17.2 Å². The average molecular weight is 326 g/mol. The molecule has 0 atom stereocenters. The number of benzene rings is 1. The number of carbonyl (C=O) groups is 1. The topological polar surface area (TPSA) is 77.2 Å². The lowest BCUT2D eigenvalue weighted by Crippen LogP contribution is -2.09. The molecule has 1 aromatic heterocycles. The van der Waals surface area contributed by atoms with Crippen molar-refractivity contribution in [3.8, 4) is 5.75 Å². The minimum absolute atomic E-state index is 0.0727. The smallest absolute Gasteiger partial charge is 0.358 e. The summed E-state index contributed by atoms with van der Waals surface area (Å²) in [7, 11) is 0. The molecule has 0 aliphatic carbocycles. The number of aryl methyl sites for hydroxylation is 1. The van der Waals surface area contributed by atoms with Gasteiger partial charge in [-0.2, -0.15) is 0 Å². The Labute approximate surface area is 118 Å². The normalized spacial score (nSPS) is 10.4. The van der Waals surface area contributed by atoms with Crippen molar-refractivity contribution in [1.82, 2.24) is 15.0 Å². The molecular formula is C12H12BrN3O3. The fraction of sp³-hybridized carbons (Fsp3) is 0.250. The van der Waals surface area contributed by atoms with Gasteiger partial charge in [-0.1, -0.05) is 11.3 Å². The summed E-state index contributed by atoms with van der Waals surface area (Å²) in [5, 5.41) is 15.9. The number of ether oxygens (including phenoxy) is 1. The van der Waals surface area contributed by atoms with Gasteiger partial charge in [-0.3, -0.25) is 0 Å². The first-order valence-corrected chi connectivity index (χ1v) is 6.38. The molecule has 19 heavy (non-hydrogen) atoms. The van der Waals surface area contributed by atoms with E-state index in [0.717, 1.165) is 15.8 Å². The van der Waals surface area contributed by atoms with Crippen molar-refractivity contribution >= 4 is 21.9 Å². The van der Waals surface area contributed by atoms with Crippen LogP contribution in [0.3, 0.4) is 0 Å². The van der Waals surface area contributed by atoms with Gasteiger partial charge in [-0.15, -0.1) is 5.10 Å². The first kappa shape index (κ1) is 13.5. The van der Waals surface area contributed by atoms with E-state index in [4.69, 9.17) is 9.84 Å². The van der Waals surface area contributed by atoms with Crippen LogP contribution in [-0.2, 0) is 6.54 Å². The van der Waals surface area contributed by atoms with E-state index < -0.39 is 5.97 Å². The average Bonchev–Trinajstić information content (AvgIpc) is 2.81. The van der Waals surface area contributed by atoms with Crippen LogP contribution in [0.25, 0.3) is 0 Å². The fourth-order valence-corrected chi connectivity index (χ4v) is 2.09. The zero-order valence-corrected chi connectivity index (χ0v) is 11.8. The molecule has 0 amide bonds. The molecule has 100 valence electrons. The number of nitrogens with zero attached hydrogens (tertiary/aromatic N) is 3. The molecule has 0 saturated carbocycles. The third-order valence-corrected chi connectivity index (χ3v) is 3.04. The van der Waals surface area contributed by atoms with Gasteiger partial charge in [-0.25, -0.2) is 9.48 Å². The minimum Gasteiger partial charge on any atom is -0.490 e. The van der Waals surface area contributed by atoms with Crippen LogP contribution in [0.1, 0.15) is 16.1 Å². The second kappa shape index (κ2) is 5.83. The molecule has 0 aliphatic heterocycles. The van der Waals surface area contributed by atoms with Crippen LogP contribution in [0.4, 0.5) is 0 Å². The van der Waals surface area contributed by atoms with Crippen LogP contribution in [0, 0.1) is 6.92 Å². The number of halogens is 1. The number of carboxylic acid groups (broad SMARTS) is 1. The van der Waals surface area contributed by atoms with Crippen molar-refractivity contribution in [3.63, 3.8) is 0 Å². The number of rotatable bonds is 5. The van der Waals surface area contributed by atoms with Gasteiger partial charge in [0.1, 0.15) is 12.4 Å². The van der Waals surface area contributed by atoms with Gasteiger partial charge in [0, 0.05) is 0 Å².